The van der Waals surface area contributed by atoms with Crippen LogP contribution in [0.1, 0.15) is 0 Å². The standard InChI is InChI=1S/H9Si4/c1-3-4-2/h3H,4H2,1-2H3. The molecule has 0 unspecified atom stereocenters. The Kier molecular flexibility index (Phi) is 4.71. The summed E-state index contributed by atoms with van der Waals surface area (Å²) in [4.78, 5) is 0. The summed E-state index contributed by atoms with van der Waals surface area (Å²) >= 11 is 0. The van der Waals surface area contributed by atoms with Crippen LogP contribution >= 0.6 is 0 Å². The third-order valence-electron chi connectivity index (χ3n) is 0.408. The van der Waals surface area contributed by atoms with E-state index < -0.39 is 0 Å². The van der Waals surface area contributed by atoms with Gasteiger partial charge in [-0.3, -0.25) is 0 Å². The molecule has 4 heteroatoms. The fourth-order valence-corrected chi connectivity index (χ4v) is 0. The fraction of sp³-hybridized carbons (Fsp3) is 0. The van der Waals surface area contributed by atoms with Gasteiger partial charge in [0, 0.05) is 0 Å². The third kappa shape index (κ3) is 2.87. The van der Waals surface area contributed by atoms with Crippen LogP contribution in [0, 0.1) is 0 Å². The zero-order valence-electron chi connectivity index (χ0n) is 3.28. The van der Waals surface area contributed by atoms with Gasteiger partial charge in [-0.25, -0.2) is 0 Å². The van der Waals surface area contributed by atoms with Crippen LogP contribution in [0.25, 0.3) is 0 Å². The van der Waals surface area contributed by atoms with Gasteiger partial charge in [-0.2, -0.15) is 0 Å². The highest BCUT2D eigenvalue weighted by Gasteiger charge is 1.61. The second-order valence-electron chi connectivity index (χ2n) is 0.816. The van der Waals surface area contributed by atoms with E-state index in [4.69, 9.17) is 0 Å². The molecule has 0 aromatic carbocycles. The molecule has 0 spiro atoms. The Labute approximate surface area is 37.2 Å². The summed E-state index contributed by atoms with van der Waals surface area (Å²) in [6.45, 7) is 0. The van der Waals surface area contributed by atoms with Gasteiger partial charge in [-0.15, -0.1) is 0 Å². The van der Waals surface area contributed by atoms with Crippen molar-refractivity contribution in [3.63, 3.8) is 0 Å². The maximum absolute atomic E-state index is 1.60. The molecule has 0 amide bonds. The first-order chi connectivity index (χ1) is 1.91. The van der Waals surface area contributed by atoms with Gasteiger partial charge in [0.15, 0.2) is 0 Å². The molecule has 0 saturated heterocycles. The quantitative estimate of drug-likeness (QED) is 0.311. The van der Waals surface area contributed by atoms with Crippen molar-refractivity contribution in [3.05, 3.63) is 0 Å². The molecule has 0 saturated carbocycles. The molecule has 0 aliphatic heterocycles. The topological polar surface area (TPSA) is 0 Å². The van der Waals surface area contributed by atoms with Crippen LogP contribution in [0.2, 0.25) is 0 Å². The number of rotatable bonds is 1. The van der Waals surface area contributed by atoms with E-state index in [0.717, 1.165) is 8.55 Å². The smallest absolute Gasteiger partial charge is 0.00707 e. The predicted molar refractivity (Wildman–Crippen MR) is 35.6 cm³/mol. The predicted octanol–water partition coefficient (Wildman–Crippen LogP) is -3.93. The van der Waals surface area contributed by atoms with Crippen molar-refractivity contribution in [3.8, 4) is 0 Å². The Bertz CT molecular complexity index is 2.00. The molecule has 0 aromatic rings. The lowest BCUT2D eigenvalue weighted by atomic mass is 26.5. The maximum Gasteiger partial charge on any atom is -0.00707 e. The van der Waals surface area contributed by atoms with E-state index in [-0.39, 0.29) is 0 Å². The lowest BCUT2D eigenvalue weighted by Gasteiger charge is -1.63. The number of hydrogen-bond acceptors (Lipinski definition) is 0. The Morgan fingerprint density at radius 2 is 2.00 bits per heavy atom. The van der Waals surface area contributed by atoms with Crippen molar-refractivity contribution in [2.24, 2.45) is 0 Å². The molecule has 0 aliphatic carbocycles. The van der Waals surface area contributed by atoms with Gasteiger partial charge < -0.3 is 0 Å². The molecule has 0 bridgehead atoms. The summed E-state index contributed by atoms with van der Waals surface area (Å²) < 4.78 is 0. The average molecular weight is 121 g/mol. The first kappa shape index (κ1) is 4.87. The number of hydrogen-bond donors (Lipinski definition) is 0. The summed E-state index contributed by atoms with van der Waals surface area (Å²) in [5.74, 6) is 0. The van der Waals surface area contributed by atoms with Crippen LogP contribution in [-0.4, -0.2) is 36.6 Å². The molecule has 0 aliphatic rings. The van der Waals surface area contributed by atoms with Gasteiger partial charge in [0.1, 0.15) is 0 Å². The minimum absolute atomic E-state index is 0.708. The van der Waals surface area contributed by atoms with E-state index in [0.29, 0.717) is 8.55 Å². The van der Waals surface area contributed by atoms with Crippen LogP contribution in [0.15, 0.2) is 0 Å². The molecule has 0 atom stereocenters. The van der Waals surface area contributed by atoms with Gasteiger partial charge in [-0.05, 0) is 36.6 Å². The van der Waals surface area contributed by atoms with E-state index in [1.807, 2.05) is 0 Å². The van der Waals surface area contributed by atoms with E-state index in [2.05, 4.69) is 0 Å². The van der Waals surface area contributed by atoms with Gasteiger partial charge >= 0.3 is 0 Å². The van der Waals surface area contributed by atoms with Crippen molar-refractivity contribution >= 4 is 36.6 Å². The molecule has 0 fully saturated rings. The highest BCUT2D eigenvalue weighted by Crippen LogP contribution is 1.24. The molecular formula is H9Si4. The Morgan fingerprint density at radius 1 is 1.75 bits per heavy atom. The van der Waals surface area contributed by atoms with Crippen LogP contribution in [0.4, 0.5) is 0 Å². The molecule has 0 rings (SSSR count). The monoisotopic (exact) mass is 121 g/mol. The summed E-state index contributed by atoms with van der Waals surface area (Å²) in [7, 11) is 5.00. The zero-order chi connectivity index (χ0) is 3.41. The van der Waals surface area contributed by atoms with Gasteiger partial charge in [-0.1, -0.05) is 0 Å². The van der Waals surface area contributed by atoms with E-state index in [1.165, 1.54) is 0 Å². The third-order valence-corrected chi connectivity index (χ3v) is 33.1. The highest BCUT2D eigenvalue weighted by molar-refractivity contribution is 7.37. The zero-order valence-corrected chi connectivity index (χ0v) is 9.85. The fourth-order valence-electron chi connectivity index (χ4n) is 0. The van der Waals surface area contributed by atoms with Crippen molar-refractivity contribution in [2.75, 3.05) is 0 Å². The van der Waals surface area contributed by atoms with Gasteiger partial charge in [0.2, 0.25) is 0 Å². The molecule has 4 heavy (non-hydrogen) atoms. The molecular weight excluding hydrogens is 112 g/mol. The highest BCUT2D eigenvalue weighted by atomic mass is 29.7. The molecule has 1 radical (unpaired) electrons. The van der Waals surface area contributed by atoms with Crippen LogP contribution < -0.4 is 0 Å². The van der Waals surface area contributed by atoms with Crippen LogP contribution in [0.3, 0.4) is 0 Å². The molecule has 0 N–H and O–H groups in total. The summed E-state index contributed by atoms with van der Waals surface area (Å²) in [6.07, 6.45) is 0. The Hall–Kier alpha value is 0.868. The van der Waals surface area contributed by atoms with E-state index >= 15 is 0 Å². The Balaban J connectivity index is 1.97. The molecule has 0 nitrogen and oxygen atoms in total. The lowest BCUT2D eigenvalue weighted by Crippen LogP contribution is -2.00. The van der Waals surface area contributed by atoms with Crippen LogP contribution in [-0.2, 0) is 0 Å². The van der Waals surface area contributed by atoms with E-state index in [9.17, 15) is 0 Å². The Morgan fingerprint density at radius 3 is 2.00 bits per heavy atom. The normalized spacial score (nSPS) is 12.0. The van der Waals surface area contributed by atoms with Crippen molar-refractivity contribution in [2.45, 2.75) is 0 Å². The van der Waals surface area contributed by atoms with Crippen molar-refractivity contribution in [1.29, 1.82) is 0 Å². The van der Waals surface area contributed by atoms with Crippen molar-refractivity contribution < 1.29 is 0 Å². The second kappa shape index (κ2) is 3.87. The molecule has 0 aromatic heterocycles. The summed E-state index contributed by atoms with van der Waals surface area (Å²) in [5, 5.41) is 0. The first-order valence-corrected chi connectivity index (χ1v) is 15.2. The minimum Gasteiger partial charge on any atom is -0.0119 e. The lowest BCUT2D eigenvalue weighted by molar-refractivity contribution is 4.14. The molecule has 0 heterocycles. The second-order valence-corrected chi connectivity index (χ2v) is 22.0. The maximum atomic E-state index is 1.60. The van der Waals surface area contributed by atoms with Crippen molar-refractivity contribution in [1.82, 2.24) is 0 Å². The summed E-state index contributed by atoms with van der Waals surface area (Å²) in [5.41, 5.74) is 0. The average Bonchev–Trinajstić information content (AvgIpc) is 1.37. The van der Waals surface area contributed by atoms with Gasteiger partial charge in [0.25, 0.3) is 0 Å². The van der Waals surface area contributed by atoms with E-state index in [1.54, 1.807) is 19.5 Å². The minimum atomic E-state index is 0.708. The molecule has 25 valence electrons. The summed E-state index contributed by atoms with van der Waals surface area (Å²) in [6, 6.07) is 0. The van der Waals surface area contributed by atoms with Gasteiger partial charge in [0.05, 0.1) is 0 Å². The first-order valence-electron chi connectivity index (χ1n) is 1.69. The SMILES string of the molecule is [SiH3][SiH][SiH2][SiH3]. The largest absolute Gasteiger partial charge is 0.0119 e. The van der Waals surface area contributed by atoms with Crippen LogP contribution in [0.5, 0.6) is 0 Å².